The number of nitrogens with zero attached hydrogens (tertiary/aromatic N) is 2. The lowest BCUT2D eigenvalue weighted by molar-refractivity contribution is -0.0742. The summed E-state index contributed by atoms with van der Waals surface area (Å²) in [5.74, 6) is -0.236. The zero-order valence-electron chi connectivity index (χ0n) is 17.3. The summed E-state index contributed by atoms with van der Waals surface area (Å²) in [5, 5.41) is 0. The summed E-state index contributed by atoms with van der Waals surface area (Å²) < 4.78 is 25.6. The van der Waals surface area contributed by atoms with Crippen molar-refractivity contribution in [2.75, 3.05) is 13.1 Å². The van der Waals surface area contributed by atoms with E-state index in [4.69, 9.17) is 9.47 Å². The molecule has 2 saturated heterocycles. The van der Waals surface area contributed by atoms with Gasteiger partial charge in [-0.2, -0.15) is 0 Å². The van der Waals surface area contributed by atoms with E-state index in [0.29, 0.717) is 6.04 Å². The van der Waals surface area contributed by atoms with Crippen LogP contribution in [0, 0.1) is 5.82 Å². The Balaban J connectivity index is 1.41. The molecule has 0 bridgehead atoms. The Morgan fingerprint density at radius 2 is 1.87 bits per heavy atom. The number of fused-ring (bicyclic) bond motifs is 3. The van der Waals surface area contributed by atoms with Crippen molar-refractivity contribution < 1.29 is 13.9 Å². The fraction of sp³-hybridized carbons (Fsp3) is 0.320. The van der Waals surface area contributed by atoms with E-state index >= 15 is 0 Å². The molecule has 5 nitrogen and oxygen atoms in total. The lowest BCUT2D eigenvalue weighted by atomic mass is 9.89. The quantitative estimate of drug-likeness (QED) is 0.683. The van der Waals surface area contributed by atoms with Gasteiger partial charge in [0.15, 0.2) is 6.29 Å². The second-order valence-corrected chi connectivity index (χ2v) is 8.49. The molecule has 1 N–H and O–H groups in total. The van der Waals surface area contributed by atoms with Gasteiger partial charge in [0.25, 0.3) is 0 Å². The van der Waals surface area contributed by atoms with E-state index in [-0.39, 0.29) is 24.3 Å². The van der Waals surface area contributed by atoms with E-state index < -0.39 is 0 Å². The molecule has 6 rings (SSSR count). The molecule has 0 spiro atoms. The third-order valence-corrected chi connectivity index (χ3v) is 6.67. The number of halogens is 1. The van der Waals surface area contributed by atoms with E-state index in [1.165, 1.54) is 23.3 Å². The van der Waals surface area contributed by atoms with Gasteiger partial charge < -0.3 is 14.5 Å². The molecule has 0 radical (unpaired) electrons. The first kappa shape index (κ1) is 18.9. The molecular formula is C25H24FN3O2. The Labute approximate surface area is 180 Å². The SMILES string of the molecule is CC1OC2CN3CC=C(c4c[nH]c(-c5ccc(F)cc5)c4-c4ccncc4)C[C@H]3C2O1. The Bertz CT molecular complexity index is 1130. The van der Waals surface area contributed by atoms with Gasteiger partial charge >= 0.3 is 0 Å². The van der Waals surface area contributed by atoms with Crippen LogP contribution in [-0.2, 0) is 9.47 Å². The van der Waals surface area contributed by atoms with Gasteiger partial charge in [-0.15, -0.1) is 0 Å². The monoisotopic (exact) mass is 417 g/mol. The number of hydrogen-bond donors (Lipinski definition) is 1. The van der Waals surface area contributed by atoms with Crippen molar-refractivity contribution in [1.82, 2.24) is 14.9 Å². The number of nitrogens with one attached hydrogen (secondary N) is 1. The summed E-state index contributed by atoms with van der Waals surface area (Å²) in [6.45, 7) is 3.79. The van der Waals surface area contributed by atoms with Gasteiger partial charge in [0, 0.05) is 48.8 Å². The van der Waals surface area contributed by atoms with E-state index in [0.717, 1.165) is 41.9 Å². The van der Waals surface area contributed by atoms with Crippen LogP contribution in [0.15, 0.2) is 61.1 Å². The van der Waals surface area contributed by atoms with Gasteiger partial charge in [0.2, 0.25) is 0 Å². The average Bonchev–Trinajstić information content (AvgIpc) is 3.47. The molecule has 3 aliphatic heterocycles. The predicted octanol–water partition coefficient (Wildman–Crippen LogP) is 4.48. The third-order valence-electron chi connectivity index (χ3n) is 6.67. The van der Waals surface area contributed by atoms with Gasteiger partial charge in [-0.25, -0.2) is 4.39 Å². The summed E-state index contributed by atoms with van der Waals surface area (Å²) in [6, 6.07) is 11.0. The second-order valence-electron chi connectivity index (χ2n) is 8.49. The van der Waals surface area contributed by atoms with Crippen LogP contribution in [0.2, 0.25) is 0 Å². The largest absolute Gasteiger partial charge is 0.360 e. The molecule has 3 aromatic rings. The van der Waals surface area contributed by atoms with Crippen LogP contribution in [0.3, 0.4) is 0 Å². The Morgan fingerprint density at radius 3 is 2.68 bits per heavy atom. The van der Waals surface area contributed by atoms with Gasteiger partial charge in [-0.05, 0) is 66.4 Å². The molecule has 6 heteroatoms. The maximum Gasteiger partial charge on any atom is 0.155 e. The van der Waals surface area contributed by atoms with E-state index in [1.54, 1.807) is 0 Å². The zero-order valence-corrected chi connectivity index (χ0v) is 17.3. The first-order chi connectivity index (χ1) is 15.2. The Kier molecular flexibility index (Phi) is 4.52. The summed E-state index contributed by atoms with van der Waals surface area (Å²) in [6.07, 6.45) is 9.09. The minimum Gasteiger partial charge on any atom is -0.360 e. The second kappa shape index (κ2) is 7.41. The summed E-state index contributed by atoms with van der Waals surface area (Å²) in [4.78, 5) is 10.1. The average molecular weight is 417 g/mol. The number of benzene rings is 1. The molecule has 0 saturated carbocycles. The number of rotatable bonds is 3. The van der Waals surface area contributed by atoms with Crippen LogP contribution in [0.4, 0.5) is 4.39 Å². The number of aromatic amines is 1. The smallest absolute Gasteiger partial charge is 0.155 e. The van der Waals surface area contributed by atoms with Crippen LogP contribution in [0.1, 0.15) is 18.9 Å². The highest BCUT2D eigenvalue weighted by Gasteiger charge is 2.49. The van der Waals surface area contributed by atoms with Crippen LogP contribution < -0.4 is 0 Å². The molecule has 1 aromatic carbocycles. The van der Waals surface area contributed by atoms with Crippen LogP contribution >= 0.6 is 0 Å². The van der Waals surface area contributed by atoms with E-state index in [9.17, 15) is 4.39 Å². The van der Waals surface area contributed by atoms with Gasteiger partial charge in [0.05, 0.1) is 5.69 Å². The fourth-order valence-electron chi connectivity index (χ4n) is 5.27. The number of H-pyrrole nitrogens is 1. The normalized spacial score (nSPS) is 27.7. The molecule has 31 heavy (non-hydrogen) atoms. The first-order valence-electron chi connectivity index (χ1n) is 10.8. The number of hydrogen-bond acceptors (Lipinski definition) is 4. The summed E-state index contributed by atoms with van der Waals surface area (Å²) >= 11 is 0. The highest BCUT2D eigenvalue weighted by molar-refractivity contribution is 5.91. The molecule has 0 amide bonds. The first-order valence-corrected chi connectivity index (χ1v) is 10.8. The molecule has 5 heterocycles. The lowest BCUT2D eigenvalue weighted by Gasteiger charge is -2.32. The summed E-state index contributed by atoms with van der Waals surface area (Å²) in [7, 11) is 0. The Morgan fingerprint density at radius 1 is 1.06 bits per heavy atom. The van der Waals surface area contributed by atoms with Crippen molar-refractivity contribution in [3.05, 3.63) is 72.4 Å². The minimum absolute atomic E-state index is 0.124. The number of ether oxygens (including phenoxy) is 2. The number of pyridine rings is 1. The predicted molar refractivity (Wildman–Crippen MR) is 117 cm³/mol. The van der Waals surface area contributed by atoms with Crippen molar-refractivity contribution in [1.29, 1.82) is 0 Å². The van der Waals surface area contributed by atoms with Gasteiger partial charge in [-0.3, -0.25) is 9.88 Å². The van der Waals surface area contributed by atoms with Crippen LogP contribution in [-0.4, -0.2) is 52.5 Å². The molecule has 4 atom stereocenters. The maximum atomic E-state index is 13.5. The highest BCUT2D eigenvalue weighted by atomic mass is 19.1. The molecule has 3 aliphatic rings. The van der Waals surface area contributed by atoms with Crippen molar-refractivity contribution >= 4 is 5.57 Å². The van der Waals surface area contributed by atoms with Crippen molar-refractivity contribution in [2.24, 2.45) is 0 Å². The van der Waals surface area contributed by atoms with E-state index in [2.05, 4.69) is 27.1 Å². The molecule has 2 fully saturated rings. The number of aromatic nitrogens is 2. The Hall–Kier alpha value is -2.80. The van der Waals surface area contributed by atoms with Crippen LogP contribution in [0.5, 0.6) is 0 Å². The third kappa shape index (κ3) is 3.22. The molecule has 0 aliphatic carbocycles. The topological polar surface area (TPSA) is 50.4 Å². The highest BCUT2D eigenvalue weighted by Crippen LogP contribution is 2.43. The molecule has 158 valence electrons. The zero-order chi connectivity index (χ0) is 20.9. The van der Waals surface area contributed by atoms with Gasteiger partial charge in [0.1, 0.15) is 18.0 Å². The molecular weight excluding hydrogens is 393 g/mol. The lowest BCUT2D eigenvalue weighted by Crippen LogP contribution is -2.39. The molecule has 3 unspecified atom stereocenters. The summed E-state index contributed by atoms with van der Waals surface area (Å²) in [5.41, 5.74) is 6.65. The van der Waals surface area contributed by atoms with E-state index in [1.807, 2.05) is 43.6 Å². The minimum atomic E-state index is -0.236. The molecule has 2 aromatic heterocycles. The standard InChI is InChI=1S/C25H24FN3O2/c1-15-30-22-14-29-11-8-18(12-21(29)25(22)31-15)20-13-28-24(17-2-4-19(26)5-3-17)23(20)16-6-9-27-10-7-16/h2-10,13,15,21-22,25,28H,11-12,14H2,1H3/t15?,21-,22?,25?/m0/s1. The fourth-order valence-corrected chi connectivity index (χ4v) is 5.27. The van der Waals surface area contributed by atoms with Crippen LogP contribution in [0.25, 0.3) is 28.0 Å². The van der Waals surface area contributed by atoms with Crippen molar-refractivity contribution in [3.8, 4) is 22.4 Å². The van der Waals surface area contributed by atoms with Crippen molar-refractivity contribution in [3.63, 3.8) is 0 Å². The van der Waals surface area contributed by atoms with Crippen molar-refractivity contribution in [2.45, 2.75) is 37.9 Å². The maximum absolute atomic E-state index is 13.5. The van der Waals surface area contributed by atoms with Gasteiger partial charge in [-0.1, -0.05) is 6.08 Å².